The number of thioether (sulfide) groups is 1. The quantitative estimate of drug-likeness (QED) is 0.109. The Morgan fingerprint density at radius 3 is 2.79 bits per heavy atom. The molecule has 204 valence electrons. The maximum Gasteiger partial charge on any atom is 0.511 e. The SMILES string of the molecule is CCOC(=O)OC(C)OC(=O)C1=CC(C)SC2C(NC(=O)/C(=N/OC3C=CCC3)c3nsc(N)n3)C(=O)N12. The molecule has 1 saturated heterocycles. The Bertz CT molecular complexity index is 1200. The first-order valence-corrected chi connectivity index (χ1v) is 13.4. The number of amides is 2. The summed E-state index contributed by atoms with van der Waals surface area (Å²) in [5.74, 6) is -2.15. The number of nitrogens with one attached hydrogen (secondary N) is 1. The highest BCUT2D eigenvalue weighted by molar-refractivity contribution is 8.00. The number of aromatic nitrogens is 2. The summed E-state index contributed by atoms with van der Waals surface area (Å²) in [7, 11) is 0. The van der Waals surface area contributed by atoms with Crippen LogP contribution in [0.15, 0.2) is 29.1 Å². The van der Waals surface area contributed by atoms with Crippen LogP contribution in [0.3, 0.4) is 0 Å². The van der Waals surface area contributed by atoms with Crippen molar-refractivity contribution in [2.45, 2.75) is 62.7 Å². The zero-order chi connectivity index (χ0) is 27.4. The number of ether oxygens (including phenoxy) is 3. The number of nitrogen functional groups attached to an aromatic ring is 1. The fourth-order valence-electron chi connectivity index (χ4n) is 3.78. The first-order chi connectivity index (χ1) is 18.2. The number of esters is 1. The number of nitrogens with zero attached hydrogens (tertiary/aromatic N) is 4. The molecular formula is C22H26N6O8S2. The summed E-state index contributed by atoms with van der Waals surface area (Å²) < 4.78 is 18.7. The fraction of sp³-hybridized carbons (Fsp3) is 0.500. The molecule has 3 aliphatic rings. The first kappa shape index (κ1) is 27.4. The van der Waals surface area contributed by atoms with Crippen molar-refractivity contribution in [3.8, 4) is 0 Å². The zero-order valence-electron chi connectivity index (χ0n) is 20.7. The van der Waals surface area contributed by atoms with Crippen molar-refractivity contribution < 1.29 is 38.2 Å². The molecule has 1 aromatic rings. The maximum atomic E-state index is 13.2. The van der Waals surface area contributed by atoms with Gasteiger partial charge in [-0.1, -0.05) is 11.2 Å². The number of nitrogens with two attached hydrogens (primary N) is 1. The molecule has 3 N–H and O–H groups in total. The van der Waals surface area contributed by atoms with Gasteiger partial charge >= 0.3 is 12.1 Å². The van der Waals surface area contributed by atoms with E-state index < -0.39 is 41.6 Å². The van der Waals surface area contributed by atoms with E-state index in [9.17, 15) is 19.2 Å². The van der Waals surface area contributed by atoms with Gasteiger partial charge in [0.15, 0.2) is 5.13 Å². The fourth-order valence-corrected chi connectivity index (χ4v) is 5.54. The molecule has 2 amide bonds. The van der Waals surface area contributed by atoms with Crippen molar-refractivity contribution >= 4 is 58.1 Å². The zero-order valence-corrected chi connectivity index (χ0v) is 22.3. The molecule has 4 rings (SSSR count). The van der Waals surface area contributed by atoms with Crippen LogP contribution >= 0.6 is 23.3 Å². The molecular weight excluding hydrogens is 540 g/mol. The van der Waals surface area contributed by atoms with Crippen LogP contribution in [0.5, 0.6) is 0 Å². The lowest BCUT2D eigenvalue weighted by atomic mass is 10.0. The molecule has 3 heterocycles. The van der Waals surface area contributed by atoms with Gasteiger partial charge in [-0.25, -0.2) is 9.59 Å². The van der Waals surface area contributed by atoms with Gasteiger partial charge in [-0.15, -0.1) is 11.8 Å². The third-order valence-electron chi connectivity index (χ3n) is 5.46. The van der Waals surface area contributed by atoms with E-state index in [1.807, 2.05) is 19.1 Å². The van der Waals surface area contributed by atoms with Crippen LogP contribution in [0.1, 0.15) is 39.4 Å². The number of carbonyl (C=O) groups excluding carboxylic acids is 4. The minimum atomic E-state index is -1.25. The number of hydrogen-bond acceptors (Lipinski definition) is 14. The standard InChI is InChI=1S/C22H26N6O8S2/c1-4-33-22(32)35-11(3)34-20(31)13-9-10(2)37-19-15(18(30)28(13)19)24-17(29)14(16-25-21(23)38-27-16)26-36-12-7-5-6-8-12/h5,7,9-12,15,19H,4,6,8H2,1-3H3,(H,24,29)(H2,23,25,27)/b26-14+. The molecule has 1 aromatic heterocycles. The molecule has 38 heavy (non-hydrogen) atoms. The van der Waals surface area contributed by atoms with Crippen molar-refractivity contribution in [1.82, 2.24) is 19.6 Å². The van der Waals surface area contributed by atoms with Gasteiger partial charge in [-0.2, -0.15) is 9.36 Å². The van der Waals surface area contributed by atoms with E-state index in [1.54, 1.807) is 13.0 Å². The van der Waals surface area contributed by atoms with Gasteiger partial charge in [-0.05, 0) is 38.8 Å². The minimum Gasteiger partial charge on any atom is -0.435 e. The molecule has 16 heteroatoms. The van der Waals surface area contributed by atoms with Crippen LogP contribution in [-0.2, 0) is 33.4 Å². The second kappa shape index (κ2) is 11.8. The Morgan fingerprint density at radius 1 is 1.34 bits per heavy atom. The summed E-state index contributed by atoms with van der Waals surface area (Å²) in [5, 5.41) is 5.96. The number of allylic oxidation sites excluding steroid dienone is 1. The molecule has 0 radical (unpaired) electrons. The van der Waals surface area contributed by atoms with Gasteiger partial charge in [0.2, 0.25) is 17.8 Å². The predicted molar refractivity (Wildman–Crippen MR) is 135 cm³/mol. The van der Waals surface area contributed by atoms with Gasteiger partial charge in [0.1, 0.15) is 23.2 Å². The number of carbonyl (C=O) groups is 4. The molecule has 5 atom stereocenters. The number of oxime groups is 1. The van der Waals surface area contributed by atoms with Gasteiger partial charge in [0.25, 0.3) is 11.8 Å². The average Bonchev–Trinajstić information content (AvgIpc) is 3.54. The summed E-state index contributed by atoms with van der Waals surface area (Å²) in [6.45, 7) is 4.87. The highest BCUT2D eigenvalue weighted by Crippen LogP contribution is 2.41. The third kappa shape index (κ3) is 6.07. The Morgan fingerprint density at radius 2 is 2.13 bits per heavy atom. The number of anilines is 1. The number of rotatable bonds is 9. The summed E-state index contributed by atoms with van der Waals surface area (Å²) in [5.41, 5.74) is 5.43. The van der Waals surface area contributed by atoms with Crippen LogP contribution in [0, 0.1) is 0 Å². The molecule has 14 nitrogen and oxygen atoms in total. The first-order valence-electron chi connectivity index (χ1n) is 11.7. The van der Waals surface area contributed by atoms with E-state index in [4.69, 9.17) is 20.0 Å². The highest BCUT2D eigenvalue weighted by Gasteiger charge is 2.54. The molecule has 0 spiro atoms. The van der Waals surface area contributed by atoms with E-state index in [1.165, 1.54) is 23.6 Å². The maximum absolute atomic E-state index is 13.2. The Balaban J connectivity index is 1.44. The van der Waals surface area contributed by atoms with Crippen LogP contribution < -0.4 is 11.1 Å². The average molecular weight is 567 g/mol. The second-order valence-corrected chi connectivity index (χ2v) is 10.5. The van der Waals surface area contributed by atoms with Crippen LogP contribution in [-0.4, -0.2) is 79.6 Å². The van der Waals surface area contributed by atoms with Crippen LogP contribution in [0.2, 0.25) is 0 Å². The number of β-lactam (4-membered cyclic amide) rings is 1. The summed E-state index contributed by atoms with van der Waals surface area (Å²) in [6, 6.07) is -0.966. The van der Waals surface area contributed by atoms with Gasteiger partial charge < -0.3 is 30.1 Å². The Kier molecular flexibility index (Phi) is 8.51. The van der Waals surface area contributed by atoms with E-state index in [0.29, 0.717) is 6.42 Å². The van der Waals surface area contributed by atoms with Gasteiger partial charge in [0, 0.05) is 23.7 Å². The van der Waals surface area contributed by atoms with Gasteiger partial charge in [-0.3, -0.25) is 14.5 Å². The Hall–Kier alpha value is -3.66. The van der Waals surface area contributed by atoms with Crippen molar-refractivity contribution in [2.75, 3.05) is 12.3 Å². The molecule has 5 unspecified atom stereocenters. The third-order valence-corrected chi connectivity index (χ3v) is 7.33. The van der Waals surface area contributed by atoms with Crippen LogP contribution in [0.4, 0.5) is 9.93 Å². The summed E-state index contributed by atoms with van der Waals surface area (Å²) in [4.78, 5) is 61.2. The summed E-state index contributed by atoms with van der Waals surface area (Å²) in [6.07, 6.45) is 4.36. The highest BCUT2D eigenvalue weighted by atomic mass is 32.2. The molecule has 0 aromatic carbocycles. The normalized spacial score (nSPS) is 25.0. The summed E-state index contributed by atoms with van der Waals surface area (Å²) >= 11 is 2.25. The lowest BCUT2D eigenvalue weighted by molar-refractivity contribution is -0.168. The molecule has 0 saturated carbocycles. The van der Waals surface area contributed by atoms with E-state index in [-0.39, 0.29) is 40.3 Å². The van der Waals surface area contributed by atoms with Crippen molar-refractivity contribution in [2.24, 2.45) is 5.16 Å². The van der Waals surface area contributed by atoms with Crippen molar-refractivity contribution in [3.63, 3.8) is 0 Å². The Labute approximate surface area is 225 Å². The second-order valence-electron chi connectivity index (χ2n) is 8.26. The number of hydrogen-bond donors (Lipinski definition) is 2. The largest absolute Gasteiger partial charge is 0.511 e. The van der Waals surface area contributed by atoms with E-state index in [0.717, 1.165) is 18.0 Å². The lowest BCUT2D eigenvalue weighted by Crippen LogP contribution is -2.71. The minimum absolute atomic E-state index is 0.0183. The smallest absolute Gasteiger partial charge is 0.435 e. The number of fused-ring (bicyclic) bond motifs is 1. The van der Waals surface area contributed by atoms with E-state index >= 15 is 0 Å². The molecule has 1 fully saturated rings. The van der Waals surface area contributed by atoms with Gasteiger partial charge in [0.05, 0.1) is 6.61 Å². The molecule has 0 bridgehead atoms. The lowest BCUT2D eigenvalue weighted by Gasteiger charge is -2.49. The predicted octanol–water partition coefficient (Wildman–Crippen LogP) is 1.29. The van der Waals surface area contributed by atoms with Crippen molar-refractivity contribution in [3.05, 3.63) is 29.7 Å². The monoisotopic (exact) mass is 566 g/mol. The molecule has 1 aliphatic carbocycles. The van der Waals surface area contributed by atoms with Crippen molar-refractivity contribution in [1.29, 1.82) is 0 Å². The van der Waals surface area contributed by atoms with Crippen LogP contribution in [0.25, 0.3) is 0 Å². The van der Waals surface area contributed by atoms with E-state index in [2.05, 4.69) is 24.6 Å². The molecule has 2 aliphatic heterocycles. The topological polar surface area (TPSA) is 185 Å².